The predicted molar refractivity (Wildman–Crippen MR) is 103 cm³/mol. The van der Waals surface area contributed by atoms with Crippen molar-refractivity contribution in [1.82, 2.24) is 15.1 Å². The average Bonchev–Trinajstić information content (AvgIpc) is 3.15. The van der Waals surface area contributed by atoms with Gasteiger partial charge in [-0.2, -0.15) is 0 Å². The molecule has 2 aromatic carbocycles. The maximum absolute atomic E-state index is 12.4. The van der Waals surface area contributed by atoms with Crippen molar-refractivity contribution in [3.05, 3.63) is 59.2 Å². The highest BCUT2D eigenvalue weighted by molar-refractivity contribution is 5.74. The molecule has 6 nitrogen and oxygen atoms in total. The molecule has 0 bridgehead atoms. The molecule has 2 aliphatic heterocycles. The molecule has 0 radical (unpaired) electrons. The van der Waals surface area contributed by atoms with E-state index in [1.54, 1.807) is 0 Å². The van der Waals surface area contributed by atoms with Crippen LogP contribution in [0.15, 0.2) is 42.5 Å². The van der Waals surface area contributed by atoms with Gasteiger partial charge in [0.15, 0.2) is 11.5 Å². The normalized spacial score (nSPS) is 16.4. The van der Waals surface area contributed by atoms with Crippen molar-refractivity contribution in [2.45, 2.75) is 20.0 Å². The minimum absolute atomic E-state index is 0.0132. The minimum Gasteiger partial charge on any atom is -0.454 e. The highest BCUT2D eigenvalue weighted by atomic mass is 16.7. The zero-order valence-electron chi connectivity index (χ0n) is 15.6. The van der Waals surface area contributed by atoms with Gasteiger partial charge in [-0.05, 0) is 30.2 Å². The number of benzene rings is 2. The Hall–Kier alpha value is -2.73. The van der Waals surface area contributed by atoms with E-state index in [2.05, 4.69) is 35.3 Å². The first-order chi connectivity index (χ1) is 13.2. The zero-order chi connectivity index (χ0) is 18.6. The van der Waals surface area contributed by atoms with Gasteiger partial charge in [-0.3, -0.25) is 4.90 Å². The van der Waals surface area contributed by atoms with Crippen molar-refractivity contribution in [1.29, 1.82) is 0 Å². The minimum atomic E-state index is 0.0132. The Bertz CT molecular complexity index is 816. The van der Waals surface area contributed by atoms with Crippen molar-refractivity contribution < 1.29 is 14.3 Å². The molecule has 2 heterocycles. The molecule has 0 saturated carbocycles. The van der Waals surface area contributed by atoms with Gasteiger partial charge in [0.1, 0.15) is 0 Å². The summed E-state index contributed by atoms with van der Waals surface area (Å²) in [6, 6.07) is 14.3. The van der Waals surface area contributed by atoms with Crippen LogP contribution in [-0.4, -0.2) is 48.8 Å². The third-order valence-electron chi connectivity index (χ3n) is 5.03. The van der Waals surface area contributed by atoms with Crippen LogP contribution in [0.1, 0.15) is 16.7 Å². The molecule has 1 N–H and O–H groups in total. The number of nitrogens with zero attached hydrogens (tertiary/aromatic N) is 2. The van der Waals surface area contributed by atoms with E-state index in [1.807, 2.05) is 29.2 Å². The summed E-state index contributed by atoms with van der Waals surface area (Å²) < 4.78 is 10.8. The predicted octanol–water partition coefficient (Wildman–Crippen LogP) is 2.75. The van der Waals surface area contributed by atoms with Gasteiger partial charge in [-0.15, -0.1) is 0 Å². The Morgan fingerprint density at radius 2 is 1.81 bits per heavy atom. The van der Waals surface area contributed by atoms with Gasteiger partial charge < -0.3 is 19.7 Å². The Morgan fingerprint density at radius 3 is 2.63 bits per heavy atom. The third kappa shape index (κ3) is 4.34. The zero-order valence-corrected chi connectivity index (χ0v) is 15.6. The van der Waals surface area contributed by atoms with Crippen molar-refractivity contribution in [2.24, 2.45) is 0 Å². The smallest absolute Gasteiger partial charge is 0.317 e. The first-order valence-electron chi connectivity index (χ1n) is 9.36. The van der Waals surface area contributed by atoms with E-state index in [0.29, 0.717) is 13.3 Å². The lowest BCUT2D eigenvalue weighted by Crippen LogP contribution is -2.51. The third-order valence-corrected chi connectivity index (χ3v) is 5.03. The van der Waals surface area contributed by atoms with Crippen LogP contribution in [0.2, 0.25) is 0 Å². The summed E-state index contributed by atoms with van der Waals surface area (Å²) in [5.41, 5.74) is 3.54. The molecule has 142 valence electrons. The molecule has 0 spiro atoms. The summed E-state index contributed by atoms with van der Waals surface area (Å²) in [5.74, 6) is 1.63. The fourth-order valence-corrected chi connectivity index (χ4v) is 3.52. The number of carbonyl (C=O) groups is 1. The number of piperazine rings is 1. The second-order valence-electron chi connectivity index (χ2n) is 7.10. The van der Waals surface area contributed by atoms with Crippen molar-refractivity contribution >= 4 is 6.03 Å². The van der Waals surface area contributed by atoms with Crippen LogP contribution in [0.5, 0.6) is 11.5 Å². The molecule has 2 amide bonds. The van der Waals surface area contributed by atoms with Gasteiger partial charge in [0.2, 0.25) is 6.79 Å². The molecular formula is C21H25N3O3. The van der Waals surface area contributed by atoms with E-state index in [1.165, 1.54) is 11.1 Å². The van der Waals surface area contributed by atoms with Gasteiger partial charge >= 0.3 is 6.03 Å². The van der Waals surface area contributed by atoms with Gasteiger partial charge in [-0.25, -0.2) is 4.79 Å². The lowest BCUT2D eigenvalue weighted by molar-refractivity contribution is 0.135. The number of nitrogens with one attached hydrogen (secondary N) is 1. The molecule has 6 heteroatoms. The van der Waals surface area contributed by atoms with Crippen LogP contribution in [0.3, 0.4) is 0 Å². The first kappa shape index (κ1) is 17.7. The number of hydrogen-bond acceptors (Lipinski definition) is 4. The molecule has 0 aromatic heterocycles. The molecule has 1 fully saturated rings. The topological polar surface area (TPSA) is 54.0 Å². The largest absolute Gasteiger partial charge is 0.454 e. The summed E-state index contributed by atoms with van der Waals surface area (Å²) in [7, 11) is 0. The molecule has 27 heavy (non-hydrogen) atoms. The Balaban J connectivity index is 1.24. The monoisotopic (exact) mass is 367 g/mol. The molecule has 0 aliphatic carbocycles. The van der Waals surface area contributed by atoms with Crippen LogP contribution in [0, 0.1) is 6.92 Å². The van der Waals surface area contributed by atoms with Gasteiger partial charge in [0.05, 0.1) is 0 Å². The maximum Gasteiger partial charge on any atom is 0.317 e. The van der Waals surface area contributed by atoms with E-state index < -0.39 is 0 Å². The van der Waals surface area contributed by atoms with Crippen LogP contribution < -0.4 is 14.8 Å². The van der Waals surface area contributed by atoms with E-state index in [9.17, 15) is 4.79 Å². The van der Waals surface area contributed by atoms with Crippen molar-refractivity contribution in [2.75, 3.05) is 33.0 Å². The standard InChI is InChI=1S/C21H25N3O3/c1-16-3-2-4-17(11-16)13-22-21(25)24-9-7-23(8-10-24)14-18-5-6-19-20(12-18)27-15-26-19/h2-6,11-12H,7-10,13-15H2,1H3,(H,22,25). The highest BCUT2D eigenvalue weighted by Crippen LogP contribution is 2.32. The number of carbonyl (C=O) groups excluding carboxylic acids is 1. The number of ether oxygens (including phenoxy) is 2. The summed E-state index contributed by atoms with van der Waals surface area (Å²) in [6.07, 6.45) is 0. The van der Waals surface area contributed by atoms with Crippen LogP contribution >= 0.6 is 0 Å². The van der Waals surface area contributed by atoms with Crippen LogP contribution in [0.25, 0.3) is 0 Å². The maximum atomic E-state index is 12.4. The lowest BCUT2D eigenvalue weighted by atomic mass is 10.1. The highest BCUT2D eigenvalue weighted by Gasteiger charge is 2.21. The van der Waals surface area contributed by atoms with E-state index in [0.717, 1.165) is 49.8 Å². The molecule has 0 unspecified atom stereocenters. The Kier molecular flexibility index (Phi) is 5.16. The van der Waals surface area contributed by atoms with E-state index in [4.69, 9.17) is 9.47 Å². The Labute approximate surface area is 159 Å². The van der Waals surface area contributed by atoms with Gasteiger partial charge in [-0.1, -0.05) is 35.9 Å². The molecule has 0 atom stereocenters. The summed E-state index contributed by atoms with van der Waals surface area (Å²) in [4.78, 5) is 16.7. The second-order valence-corrected chi connectivity index (χ2v) is 7.10. The van der Waals surface area contributed by atoms with E-state index >= 15 is 0 Å². The number of fused-ring (bicyclic) bond motifs is 1. The first-order valence-corrected chi connectivity index (χ1v) is 9.36. The summed E-state index contributed by atoms with van der Waals surface area (Å²) >= 11 is 0. The number of amides is 2. The summed E-state index contributed by atoms with van der Waals surface area (Å²) in [6.45, 7) is 7.00. The van der Waals surface area contributed by atoms with E-state index in [-0.39, 0.29) is 6.03 Å². The Morgan fingerprint density at radius 1 is 1.00 bits per heavy atom. The van der Waals surface area contributed by atoms with Gasteiger partial charge in [0, 0.05) is 39.3 Å². The lowest BCUT2D eigenvalue weighted by Gasteiger charge is -2.34. The molecule has 1 saturated heterocycles. The number of urea groups is 1. The van der Waals surface area contributed by atoms with Crippen molar-refractivity contribution in [3.8, 4) is 11.5 Å². The second kappa shape index (κ2) is 7.88. The number of rotatable bonds is 4. The molecule has 2 aromatic rings. The van der Waals surface area contributed by atoms with Gasteiger partial charge in [0.25, 0.3) is 0 Å². The fraction of sp³-hybridized carbons (Fsp3) is 0.381. The number of aryl methyl sites for hydroxylation is 1. The quantitative estimate of drug-likeness (QED) is 0.903. The van der Waals surface area contributed by atoms with Crippen molar-refractivity contribution in [3.63, 3.8) is 0 Å². The van der Waals surface area contributed by atoms with Crippen LogP contribution in [-0.2, 0) is 13.1 Å². The molecule has 4 rings (SSSR count). The molecular weight excluding hydrogens is 342 g/mol. The van der Waals surface area contributed by atoms with Crippen LogP contribution in [0.4, 0.5) is 4.79 Å². The summed E-state index contributed by atoms with van der Waals surface area (Å²) in [5, 5.41) is 3.03. The average molecular weight is 367 g/mol. The molecule has 2 aliphatic rings. The fourth-order valence-electron chi connectivity index (χ4n) is 3.52. The number of hydrogen-bond donors (Lipinski definition) is 1. The SMILES string of the molecule is Cc1cccc(CNC(=O)N2CCN(Cc3ccc4c(c3)OCO4)CC2)c1.